The first-order valence-electron chi connectivity index (χ1n) is 5.61. The lowest BCUT2D eigenvalue weighted by atomic mass is 9.89. The van der Waals surface area contributed by atoms with Gasteiger partial charge in [-0.3, -0.25) is 4.79 Å². The maximum absolute atomic E-state index is 13.6. The van der Waals surface area contributed by atoms with Crippen molar-refractivity contribution in [3.8, 4) is 0 Å². The van der Waals surface area contributed by atoms with Crippen LogP contribution < -0.4 is 10.2 Å². The SMILES string of the molecule is CNC(=O)C1(C)CCN(c2nc(Cl)ncc2F)C1. The minimum Gasteiger partial charge on any atom is -0.359 e. The summed E-state index contributed by atoms with van der Waals surface area (Å²) in [5.74, 6) is -0.422. The number of carbonyl (C=O) groups is 1. The van der Waals surface area contributed by atoms with Gasteiger partial charge in [-0.2, -0.15) is 4.98 Å². The molecule has 1 aliphatic heterocycles. The van der Waals surface area contributed by atoms with Crippen molar-refractivity contribution < 1.29 is 9.18 Å². The Morgan fingerprint density at radius 2 is 2.39 bits per heavy atom. The fourth-order valence-electron chi connectivity index (χ4n) is 2.19. The molecule has 0 aliphatic carbocycles. The molecule has 1 fully saturated rings. The number of halogens is 2. The van der Waals surface area contributed by atoms with Gasteiger partial charge >= 0.3 is 0 Å². The van der Waals surface area contributed by atoms with Crippen LogP contribution in [-0.2, 0) is 4.79 Å². The molecule has 7 heteroatoms. The predicted octanol–water partition coefficient (Wildman–Crippen LogP) is 1.23. The third kappa shape index (κ3) is 2.25. The van der Waals surface area contributed by atoms with Crippen molar-refractivity contribution in [2.24, 2.45) is 5.41 Å². The number of anilines is 1. The quantitative estimate of drug-likeness (QED) is 0.823. The normalized spacial score (nSPS) is 23.2. The molecule has 1 aromatic rings. The maximum Gasteiger partial charge on any atom is 0.227 e. The number of hydrogen-bond acceptors (Lipinski definition) is 4. The van der Waals surface area contributed by atoms with Crippen molar-refractivity contribution >= 4 is 23.3 Å². The van der Waals surface area contributed by atoms with E-state index in [1.807, 2.05) is 6.92 Å². The van der Waals surface area contributed by atoms with Crippen molar-refractivity contribution in [2.45, 2.75) is 13.3 Å². The van der Waals surface area contributed by atoms with E-state index in [-0.39, 0.29) is 17.0 Å². The molecule has 1 aromatic heterocycles. The minimum atomic E-state index is -0.529. The van der Waals surface area contributed by atoms with E-state index < -0.39 is 11.2 Å². The van der Waals surface area contributed by atoms with Crippen molar-refractivity contribution in [3.63, 3.8) is 0 Å². The van der Waals surface area contributed by atoms with E-state index in [0.717, 1.165) is 6.20 Å². The lowest BCUT2D eigenvalue weighted by Gasteiger charge is -2.23. The number of hydrogen-bond donors (Lipinski definition) is 1. The van der Waals surface area contributed by atoms with E-state index in [1.165, 1.54) is 0 Å². The molecule has 0 bridgehead atoms. The molecule has 0 saturated carbocycles. The smallest absolute Gasteiger partial charge is 0.227 e. The van der Waals surface area contributed by atoms with Crippen LogP contribution in [0.3, 0.4) is 0 Å². The number of amides is 1. The fraction of sp³-hybridized carbons (Fsp3) is 0.545. The second-order valence-electron chi connectivity index (χ2n) is 4.62. The molecule has 0 spiro atoms. The van der Waals surface area contributed by atoms with Crippen LogP contribution in [0.25, 0.3) is 0 Å². The molecule has 18 heavy (non-hydrogen) atoms. The Labute approximate surface area is 109 Å². The van der Waals surface area contributed by atoms with Crippen molar-refractivity contribution in [1.29, 1.82) is 0 Å². The maximum atomic E-state index is 13.6. The highest BCUT2D eigenvalue weighted by atomic mass is 35.5. The topological polar surface area (TPSA) is 58.1 Å². The Balaban J connectivity index is 2.23. The molecule has 1 amide bonds. The Bertz CT molecular complexity index is 484. The first kappa shape index (κ1) is 13.0. The molecule has 1 saturated heterocycles. The van der Waals surface area contributed by atoms with Crippen LogP contribution in [0.5, 0.6) is 0 Å². The molecular weight excluding hydrogens is 259 g/mol. The Hall–Kier alpha value is -1.43. The molecule has 1 N–H and O–H groups in total. The fourth-order valence-corrected chi connectivity index (χ4v) is 2.32. The standard InChI is InChI=1S/C11H14ClFN4O/c1-11(9(18)14-2)3-4-17(6-11)8-7(13)5-15-10(12)16-8/h5H,3-4,6H2,1-2H3,(H,14,18). The highest BCUT2D eigenvalue weighted by molar-refractivity contribution is 6.28. The summed E-state index contributed by atoms with van der Waals surface area (Å²) in [6.45, 7) is 2.83. The first-order chi connectivity index (χ1) is 8.46. The number of aromatic nitrogens is 2. The first-order valence-corrected chi connectivity index (χ1v) is 5.99. The van der Waals surface area contributed by atoms with Crippen LogP contribution in [0.1, 0.15) is 13.3 Å². The average Bonchev–Trinajstić information content (AvgIpc) is 2.75. The van der Waals surface area contributed by atoms with E-state index in [9.17, 15) is 9.18 Å². The zero-order valence-electron chi connectivity index (χ0n) is 10.2. The zero-order valence-corrected chi connectivity index (χ0v) is 11.0. The summed E-state index contributed by atoms with van der Waals surface area (Å²) in [6, 6.07) is 0. The van der Waals surface area contributed by atoms with Crippen molar-refractivity contribution in [1.82, 2.24) is 15.3 Å². The monoisotopic (exact) mass is 272 g/mol. The highest BCUT2D eigenvalue weighted by Gasteiger charge is 2.41. The van der Waals surface area contributed by atoms with Crippen LogP contribution in [0.4, 0.5) is 10.2 Å². The van der Waals surface area contributed by atoms with Crippen molar-refractivity contribution in [2.75, 3.05) is 25.0 Å². The summed E-state index contributed by atoms with van der Waals surface area (Å²) in [6.07, 6.45) is 1.69. The third-order valence-corrected chi connectivity index (χ3v) is 3.43. The molecule has 1 unspecified atom stereocenters. The van der Waals surface area contributed by atoms with Gasteiger partial charge in [0.15, 0.2) is 11.6 Å². The Morgan fingerprint density at radius 3 is 3.06 bits per heavy atom. The van der Waals surface area contributed by atoms with E-state index in [1.54, 1.807) is 11.9 Å². The van der Waals surface area contributed by atoms with Crippen molar-refractivity contribution in [3.05, 3.63) is 17.3 Å². The highest BCUT2D eigenvalue weighted by Crippen LogP contribution is 2.33. The molecule has 1 atom stereocenters. The lowest BCUT2D eigenvalue weighted by molar-refractivity contribution is -0.128. The summed E-state index contributed by atoms with van der Waals surface area (Å²) in [4.78, 5) is 20.9. The molecule has 0 radical (unpaired) electrons. The van der Waals surface area contributed by atoms with Gasteiger partial charge in [-0.15, -0.1) is 0 Å². The van der Waals surface area contributed by atoms with E-state index in [0.29, 0.717) is 19.5 Å². The van der Waals surface area contributed by atoms with Crippen LogP contribution in [0, 0.1) is 11.2 Å². The van der Waals surface area contributed by atoms with Crippen LogP contribution >= 0.6 is 11.6 Å². The third-order valence-electron chi connectivity index (χ3n) is 3.24. The molecule has 98 valence electrons. The minimum absolute atomic E-state index is 0.0000499. The van der Waals surface area contributed by atoms with Gasteiger partial charge in [-0.25, -0.2) is 9.37 Å². The summed E-state index contributed by atoms with van der Waals surface area (Å²) in [5, 5.41) is 2.63. The summed E-state index contributed by atoms with van der Waals surface area (Å²) < 4.78 is 13.6. The summed E-state index contributed by atoms with van der Waals surface area (Å²) in [7, 11) is 1.60. The van der Waals surface area contributed by atoms with Crippen LogP contribution in [0.2, 0.25) is 5.28 Å². The number of nitrogens with zero attached hydrogens (tertiary/aromatic N) is 3. The Kier molecular flexibility index (Phi) is 3.38. The van der Waals surface area contributed by atoms with E-state index >= 15 is 0 Å². The molecule has 1 aliphatic rings. The van der Waals surface area contributed by atoms with Gasteiger partial charge < -0.3 is 10.2 Å². The number of nitrogens with one attached hydrogen (secondary N) is 1. The van der Waals surface area contributed by atoms with E-state index in [4.69, 9.17) is 11.6 Å². The Morgan fingerprint density at radius 1 is 1.67 bits per heavy atom. The number of rotatable bonds is 2. The van der Waals surface area contributed by atoms with Crippen LogP contribution in [0.15, 0.2) is 6.20 Å². The molecule has 2 heterocycles. The predicted molar refractivity (Wildman–Crippen MR) is 66.0 cm³/mol. The van der Waals surface area contributed by atoms with Gasteiger partial charge in [-0.05, 0) is 24.9 Å². The average molecular weight is 273 g/mol. The number of carbonyl (C=O) groups excluding carboxylic acids is 1. The lowest BCUT2D eigenvalue weighted by Crippen LogP contribution is -2.39. The largest absolute Gasteiger partial charge is 0.359 e. The van der Waals surface area contributed by atoms with Gasteiger partial charge in [-0.1, -0.05) is 0 Å². The zero-order chi connectivity index (χ0) is 13.3. The van der Waals surface area contributed by atoms with Gasteiger partial charge in [0, 0.05) is 20.1 Å². The van der Waals surface area contributed by atoms with Gasteiger partial charge in [0.05, 0.1) is 11.6 Å². The van der Waals surface area contributed by atoms with Gasteiger partial charge in [0.25, 0.3) is 0 Å². The van der Waals surface area contributed by atoms with Gasteiger partial charge in [0.2, 0.25) is 11.2 Å². The van der Waals surface area contributed by atoms with Crippen LogP contribution in [-0.4, -0.2) is 36.0 Å². The van der Waals surface area contributed by atoms with E-state index in [2.05, 4.69) is 15.3 Å². The van der Waals surface area contributed by atoms with Gasteiger partial charge in [0.1, 0.15) is 0 Å². The molecule has 0 aromatic carbocycles. The summed E-state index contributed by atoms with van der Waals surface area (Å²) in [5.41, 5.74) is -0.529. The summed E-state index contributed by atoms with van der Waals surface area (Å²) >= 11 is 5.66. The second kappa shape index (κ2) is 4.68. The molecule has 5 nitrogen and oxygen atoms in total. The molecule has 2 rings (SSSR count). The second-order valence-corrected chi connectivity index (χ2v) is 4.96. The molecular formula is C11H14ClFN4O.